The van der Waals surface area contributed by atoms with Crippen LogP contribution in [0.15, 0.2) is 47.4 Å². The first-order chi connectivity index (χ1) is 10.9. The van der Waals surface area contributed by atoms with Crippen LogP contribution in [-0.2, 0) is 4.79 Å². The SMILES string of the molecule is Cc1ccc(SC(C)C(=O)Nc2ccc(C(N)=O)cc2)cc1C. The molecular formula is C18H20N2O2S. The van der Waals surface area contributed by atoms with E-state index >= 15 is 0 Å². The number of hydrogen-bond acceptors (Lipinski definition) is 3. The predicted octanol–water partition coefficient (Wildman–Crippen LogP) is 3.52. The van der Waals surface area contributed by atoms with Crippen LogP contribution in [0.25, 0.3) is 0 Å². The number of nitrogens with two attached hydrogens (primary N) is 1. The van der Waals surface area contributed by atoms with E-state index in [0.29, 0.717) is 11.3 Å². The standard InChI is InChI=1S/C18H20N2O2S/c1-11-4-9-16(10-12(11)2)23-13(3)18(22)20-15-7-5-14(6-8-15)17(19)21/h4-10,13H,1-3H3,(H2,19,21)(H,20,22). The van der Waals surface area contributed by atoms with Crippen LogP contribution in [0.4, 0.5) is 5.69 Å². The van der Waals surface area contributed by atoms with Gasteiger partial charge < -0.3 is 11.1 Å². The normalized spacial score (nSPS) is 11.8. The van der Waals surface area contributed by atoms with E-state index in [1.54, 1.807) is 24.3 Å². The number of aryl methyl sites for hydroxylation is 2. The van der Waals surface area contributed by atoms with Crippen molar-refractivity contribution >= 4 is 29.3 Å². The van der Waals surface area contributed by atoms with Gasteiger partial charge in [0.05, 0.1) is 5.25 Å². The summed E-state index contributed by atoms with van der Waals surface area (Å²) in [4.78, 5) is 24.4. The topological polar surface area (TPSA) is 72.2 Å². The maximum Gasteiger partial charge on any atom is 0.248 e. The highest BCUT2D eigenvalue weighted by Gasteiger charge is 2.15. The van der Waals surface area contributed by atoms with E-state index in [-0.39, 0.29) is 11.2 Å². The van der Waals surface area contributed by atoms with Gasteiger partial charge in [-0.2, -0.15) is 0 Å². The fraction of sp³-hybridized carbons (Fsp3) is 0.222. The van der Waals surface area contributed by atoms with Gasteiger partial charge >= 0.3 is 0 Å². The van der Waals surface area contributed by atoms with E-state index in [0.717, 1.165) is 4.90 Å². The van der Waals surface area contributed by atoms with Crippen molar-refractivity contribution in [3.63, 3.8) is 0 Å². The van der Waals surface area contributed by atoms with Crippen LogP contribution in [0.1, 0.15) is 28.4 Å². The second-order valence-electron chi connectivity index (χ2n) is 5.44. The van der Waals surface area contributed by atoms with Crippen LogP contribution in [0.2, 0.25) is 0 Å². The predicted molar refractivity (Wildman–Crippen MR) is 94.8 cm³/mol. The Balaban J connectivity index is 1.99. The molecule has 0 bridgehead atoms. The first-order valence-corrected chi connectivity index (χ1v) is 8.19. The second kappa shape index (κ2) is 7.33. The highest BCUT2D eigenvalue weighted by Crippen LogP contribution is 2.26. The molecule has 0 aliphatic carbocycles. The van der Waals surface area contributed by atoms with E-state index in [9.17, 15) is 9.59 Å². The Morgan fingerprint density at radius 1 is 1.04 bits per heavy atom. The van der Waals surface area contributed by atoms with Gasteiger partial charge in [0.1, 0.15) is 0 Å². The number of anilines is 1. The summed E-state index contributed by atoms with van der Waals surface area (Å²) in [5.41, 5.74) is 8.71. The largest absolute Gasteiger partial charge is 0.366 e. The summed E-state index contributed by atoms with van der Waals surface area (Å²) in [5, 5.41) is 2.61. The molecule has 0 heterocycles. The molecule has 0 aliphatic heterocycles. The van der Waals surface area contributed by atoms with Crippen LogP contribution < -0.4 is 11.1 Å². The molecular weight excluding hydrogens is 308 g/mol. The summed E-state index contributed by atoms with van der Waals surface area (Å²) >= 11 is 1.52. The smallest absolute Gasteiger partial charge is 0.248 e. The number of carbonyl (C=O) groups is 2. The van der Waals surface area contributed by atoms with E-state index in [1.807, 2.05) is 13.0 Å². The van der Waals surface area contributed by atoms with Gasteiger partial charge in [0, 0.05) is 16.1 Å². The molecule has 0 radical (unpaired) electrons. The van der Waals surface area contributed by atoms with Crippen LogP contribution in [-0.4, -0.2) is 17.1 Å². The zero-order chi connectivity index (χ0) is 17.0. The second-order valence-corrected chi connectivity index (χ2v) is 6.85. The van der Waals surface area contributed by atoms with Crippen LogP contribution >= 0.6 is 11.8 Å². The average Bonchev–Trinajstić information content (AvgIpc) is 2.51. The number of primary amides is 1. The number of benzene rings is 2. The molecule has 2 aromatic rings. The van der Waals surface area contributed by atoms with Gasteiger partial charge in [-0.05, 0) is 68.3 Å². The minimum Gasteiger partial charge on any atom is -0.366 e. The van der Waals surface area contributed by atoms with Gasteiger partial charge in [-0.15, -0.1) is 11.8 Å². The lowest BCUT2D eigenvalue weighted by atomic mass is 10.1. The lowest BCUT2D eigenvalue weighted by molar-refractivity contribution is -0.115. The maximum atomic E-state index is 12.3. The Kier molecular flexibility index (Phi) is 5.45. The number of hydrogen-bond donors (Lipinski definition) is 2. The van der Waals surface area contributed by atoms with Gasteiger partial charge in [-0.25, -0.2) is 0 Å². The molecule has 1 unspecified atom stereocenters. The van der Waals surface area contributed by atoms with Crippen molar-refractivity contribution in [2.75, 3.05) is 5.32 Å². The number of carbonyl (C=O) groups excluding carboxylic acids is 2. The number of amides is 2. The molecule has 2 rings (SSSR count). The van der Waals surface area contributed by atoms with Crippen molar-refractivity contribution in [1.82, 2.24) is 0 Å². The summed E-state index contributed by atoms with van der Waals surface area (Å²) in [6.07, 6.45) is 0. The molecule has 2 amide bonds. The van der Waals surface area contributed by atoms with Crippen molar-refractivity contribution in [2.45, 2.75) is 30.9 Å². The summed E-state index contributed by atoms with van der Waals surface area (Å²) in [7, 11) is 0. The lowest BCUT2D eigenvalue weighted by Crippen LogP contribution is -2.22. The lowest BCUT2D eigenvalue weighted by Gasteiger charge is -2.13. The molecule has 0 aliphatic rings. The number of thioether (sulfide) groups is 1. The Morgan fingerprint density at radius 3 is 2.26 bits per heavy atom. The third-order valence-electron chi connectivity index (χ3n) is 3.60. The quantitative estimate of drug-likeness (QED) is 0.825. The molecule has 23 heavy (non-hydrogen) atoms. The van der Waals surface area contributed by atoms with Crippen molar-refractivity contribution in [2.24, 2.45) is 5.73 Å². The molecule has 2 aromatic carbocycles. The van der Waals surface area contributed by atoms with Gasteiger partial charge in [0.2, 0.25) is 11.8 Å². The van der Waals surface area contributed by atoms with Gasteiger partial charge in [0.25, 0.3) is 0 Å². The molecule has 120 valence electrons. The molecule has 5 heteroatoms. The van der Waals surface area contributed by atoms with Gasteiger partial charge in [0.15, 0.2) is 0 Å². The van der Waals surface area contributed by atoms with Gasteiger partial charge in [-0.3, -0.25) is 9.59 Å². The molecule has 0 saturated heterocycles. The zero-order valence-corrected chi connectivity index (χ0v) is 14.2. The Morgan fingerprint density at radius 2 is 1.70 bits per heavy atom. The molecule has 0 aromatic heterocycles. The van der Waals surface area contributed by atoms with Crippen LogP contribution in [0.5, 0.6) is 0 Å². The molecule has 0 saturated carbocycles. The molecule has 1 atom stereocenters. The number of rotatable bonds is 5. The summed E-state index contributed by atoms with van der Waals surface area (Å²) in [5.74, 6) is -0.568. The highest BCUT2D eigenvalue weighted by molar-refractivity contribution is 8.00. The van der Waals surface area contributed by atoms with Crippen molar-refractivity contribution in [3.8, 4) is 0 Å². The third-order valence-corrected chi connectivity index (χ3v) is 4.69. The average molecular weight is 328 g/mol. The monoisotopic (exact) mass is 328 g/mol. The van der Waals surface area contributed by atoms with Crippen LogP contribution in [0.3, 0.4) is 0 Å². The summed E-state index contributed by atoms with van der Waals surface area (Å²) in [6, 6.07) is 12.7. The molecule has 3 N–H and O–H groups in total. The highest BCUT2D eigenvalue weighted by atomic mass is 32.2. The van der Waals surface area contributed by atoms with Crippen molar-refractivity contribution in [1.29, 1.82) is 0 Å². The van der Waals surface area contributed by atoms with Crippen molar-refractivity contribution in [3.05, 3.63) is 59.2 Å². The van der Waals surface area contributed by atoms with Crippen molar-refractivity contribution < 1.29 is 9.59 Å². The maximum absolute atomic E-state index is 12.3. The zero-order valence-electron chi connectivity index (χ0n) is 13.4. The summed E-state index contributed by atoms with van der Waals surface area (Å²) in [6.45, 7) is 5.99. The fourth-order valence-corrected chi connectivity index (χ4v) is 2.97. The van der Waals surface area contributed by atoms with Crippen LogP contribution in [0, 0.1) is 13.8 Å². The first-order valence-electron chi connectivity index (χ1n) is 7.31. The first kappa shape index (κ1) is 17.1. The third kappa shape index (κ3) is 4.60. The Bertz CT molecular complexity index is 726. The molecule has 0 spiro atoms. The molecule has 0 fully saturated rings. The minimum absolute atomic E-state index is 0.0833. The summed E-state index contributed by atoms with van der Waals surface area (Å²) < 4.78 is 0. The minimum atomic E-state index is -0.485. The van der Waals surface area contributed by atoms with Gasteiger partial charge in [-0.1, -0.05) is 6.07 Å². The van der Waals surface area contributed by atoms with E-state index in [2.05, 4.69) is 31.3 Å². The van der Waals surface area contributed by atoms with E-state index in [1.165, 1.54) is 22.9 Å². The Hall–Kier alpha value is -2.27. The number of nitrogens with one attached hydrogen (secondary N) is 1. The Labute approximate surface area is 140 Å². The van der Waals surface area contributed by atoms with E-state index < -0.39 is 5.91 Å². The molecule has 4 nitrogen and oxygen atoms in total. The fourth-order valence-electron chi connectivity index (χ4n) is 2.01. The van der Waals surface area contributed by atoms with E-state index in [4.69, 9.17) is 5.73 Å².